The molecule has 0 aliphatic carbocycles. The molecule has 6 nitrogen and oxygen atoms in total. The van der Waals surface area contributed by atoms with Crippen LogP contribution in [0.3, 0.4) is 0 Å². The Labute approximate surface area is 118 Å². The third kappa shape index (κ3) is 3.21. The van der Waals surface area contributed by atoms with Crippen molar-refractivity contribution in [2.75, 3.05) is 11.9 Å². The molecule has 1 heterocycles. The standard InChI is InChI=1S/C12H11FN4O2S/c1-2-14-11-10(17(18)19)12(16-7-15-11)20-9-5-3-8(13)4-6-9/h3-7H,2H2,1H3,(H,14,15,16). The summed E-state index contributed by atoms with van der Waals surface area (Å²) in [5.74, 6) is -0.183. The van der Waals surface area contributed by atoms with Crippen LogP contribution in [0.1, 0.15) is 6.92 Å². The van der Waals surface area contributed by atoms with E-state index in [1.165, 1.54) is 18.5 Å². The zero-order valence-corrected chi connectivity index (χ0v) is 11.4. The summed E-state index contributed by atoms with van der Waals surface area (Å²) in [6, 6.07) is 5.67. The number of nitrogens with zero attached hydrogens (tertiary/aromatic N) is 3. The summed E-state index contributed by atoms with van der Waals surface area (Å²) in [5.41, 5.74) is -0.177. The highest BCUT2D eigenvalue weighted by Gasteiger charge is 2.23. The maximum Gasteiger partial charge on any atom is 0.343 e. The molecule has 0 saturated heterocycles. The van der Waals surface area contributed by atoms with E-state index in [0.29, 0.717) is 11.4 Å². The fourth-order valence-corrected chi connectivity index (χ4v) is 2.38. The lowest BCUT2D eigenvalue weighted by atomic mass is 10.4. The van der Waals surface area contributed by atoms with Gasteiger partial charge in [-0.25, -0.2) is 14.4 Å². The van der Waals surface area contributed by atoms with Crippen molar-refractivity contribution in [3.8, 4) is 0 Å². The van der Waals surface area contributed by atoms with Gasteiger partial charge in [0, 0.05) is 11.4 Å². The Morgan fingerprint density at radius 3 is 2.65 bits per heavy atom. The zero-order chi connectivity index (χ0) is 14.5. The first-order chi connectivity index (χ1) is 9.61. The van der Waals surface area contributed by atoms with Crippen LogP contribution in [0.15, 0.2) is 40.5 Å². The van der Waals surface area contributed by atoms with Gasteiger partial charge in [-0.05, 0) is 31.2 Å². The normalized spacial score (nSPS) is 10.3. The van der Waals surface area contributed by atoms with Crippen LogP contribution in [-0.4, -0.2) is 21.4 Å². The van der Waals surface area contributed by atoms with E-state index in [1.807, 2.05) is 6.92 Å². The second-order valence-electron chi connectivity index (χ2n) is 3.72. The van der Waals surface area contributed by atoms with E-state index >= 15 is 0 Å². The summed E-state index contributed by atoms with van der Waals surface area (Å²) in [6.45, 7) is 2.33. The second-order valence-corrected chi connectivity index (χ2v) is 4.78. The maximum atomic E-state index is 12.8. The van der Waals surface area contributed by atoms with Crippen molar-refractivity contribution in [1.29, 1.82) is 0 Å². The van der Waals surface area contributed by atoms with E-state index < -0.39 is 4.92 Å². The van der Waals surface area contributed by atoms with Crippen LogP contribution >= 0.6 is 11.8 Å². The number of rotatable bonds is 5. The molecular formula is C12H11FN4O2S. The average Bonchev–Trinajstić information content (AvgIpc) is 2.41. The topological polar surface area (TPSA) is 81.0 Å². The first-order valence-electron chi connectivity index (χ1n) is 5.78. The van der Waals surface area contributed by atoms with Crippen LogP contribution in [0.2, 0.25) is 0 Å². The molecule has 2 aromatic rings. The molecule has 0 saturated carbocycles. The second kappa shape index (κ2) is 6.29. The highest BCUT2D eigenvalue weighted by Crippen LogP contribution is 2.36. The summed E-state index contributed by atoms with van der Waals surface area (Å²) < 4.78 is 12.8. The summed E-state index contributed by atoms with van der Waals surface area (Å²) in [4.78, 5) is 19.1. The molecule has 2 rings (SSSR count). The lowest BCUT2D eigenvalue weighted by molar-refractivity contribution is -0.387. The van der Waals surface area contributed by atoms with Gasteiger partial charge in [0.15, 0.2) is 5.03 Å². The van der Waals surface area contributed by atoms with Gasteiger partial charge in [-0.2, -0.15) is 0 Å². The minimum absolute atomic E-state index is 0.177. The van der Waals surface area contributed by atoms with Crippen molar-refractivity contribution in [2.24, 2.45) is 0 Å². The fourth-order valence-electron chi connectivity index (χ4n) is 1.51. The molecule has 1 aromatic carbocycles. The zero-order valence-electron chi connectivity index (χ0n) is 10.5. The highest BCUT2D eigenvalue weighted by atomic mass is 32.2. The number of hydrogen-bond donors (Lipinski definition) is 1. The molecule has 0 unspecified atom stereocenters. The molecule has 0 atom stereocenters. The minimum Gasteiger partial charge on any atom is -0.364 e. The summed E-state index contributed by atoms with van der Waals surface area (Å²) >= 11 is 1.09. The number of nitrogens with one attached hydrogen (secondary N) is 1. The van der Waals surface area contributed by atoms with Crippen molar-refractivity contribution < 1.29 is 9.31 Å². The van der Waals surface area contributed by atoms with Gasteiger partial charge < -0.3 is 5.32 Å². The average molecular weight is 294 g/mol. The van der Waals surface area contributed by atoms with Gasteiger partial charge in [-0.1, -0.05) is 11.8 Å². The highest BCUT2D eigenvalue weighted by molar-refractivity contribution is 7.99. The maximum absolute atomic E-state index is 12.8. The van der Waals surface area contributed by atoms with Crippen molar-refractivity contribution in [2.45, 2.75) is 16.8 Å². The van der Waals surface area contributed by atoms with Crippen molar-refractivity contribution in [3.05, 3.63) is 46.5 Å². The molecule has 0 aliphatic rings. The Hall–Kier alpha value is -2.22. The van der Waals surface area contributed by atoms with Gasteiger partial charge in [0.25, 0.3) is 0 Å². The van der Waals surface area contributed by atoms with Crippen LogP contribution in [0.25, 0.3) is 0 Å². The third-order valence-corrected chi connectivity index (χ3v) is 3.34. The number of hydrogen-bond acceptors (Lipinski definition) is 6. The van der Waals surface area contributed by atoms with Crippen molar-refractivity contribution in [3.63, 3.8) is 0 Å². The molecule has 104 valence electrons. The van der Waals surface area contributed by atoms with Crippen LogP contribution in [-0.2, 0) is 0 Å². The Morgan fingerprint density at radius 2 is 2.05 bits per heavy atom. The molecule has 0 spiro atoms. The summed E-state index contributed by atoms with van der Waals surface area (Å²) in [6.07, 6.45) is 1.26. The first kappa shape index (κ1) is 14.2. The number of anilines is 1. The molecular weight excluding hydrogens is 283 g/mol. The molecule has 1 aromatic heterocycles. The lowest BCUT2D eigenvalue weighted by Crippen LogP contribution is -2.05. The van der Waals surface area contributed by atoms with Gasteiger partial charge >= 0.3 is 5.69 Å². The van der Waals surface area contributed by atoms with Crippen LogP contribution in [0.5, 0.6) is 0 Å². The molecule has 20 heavy (non-hydrogen) atoms. The Balaban J connectivity index is 2.37. The largest absolute Gasteiger partial charge is 0.364 e. The van der Waals surface area contributed by atoms with Crippen LogP contribution < -0.4 is 5.32 Å². The van der Waals surface area contributed by atoms with Gasteiger partial charge in [0.05, 0.1) is 4.92 Å². The van der Waals surface area contributed by atoms with Crippen molar-refractivity contribution >= 4 is 23.3 Å². The van der Waals surface area contributed by atoms with Gasteiger partial charge in [0.1, 0.15) is 12.1 Å². The SMILES string of the molecule is CCNc1ncnc(Sc2ccc(F)cc2)c1[N+](=O)[O-]. The van der Waals surface area contributed by atoms with Crippen molar-refractivity contribution in [1.82, 2.24) is 9.97 Å². The smallest absolute Gasteiger partial charge is 0.343 e. The van der Waals surface area contributed by atoms with E-state index in [2.05, 4.69) is 15.3 Å². The molecule has 0 amide bonds. The predicted octanol–water partition coefficient (Wildman–Crippen LogP) is 3.11. The Morgan fingerprint density at radius 1 is 1.35 bits per heavy atom. The molecule has 0 aliphatic heterocycles. The summed E-state index contributed by atoms with van der Waals surface area (Å²) in [5, 5.41) is 14.2. The molecule has 8 heteroatoms. The lowest BCUT2D eigenvalue weighted by Gasteiger charge is -2.06. The molecule has 0 radical (unpaired) electrons. The van der Waals surface area contributed by atoms with Crippen LogP contribution in [0, 0.1) is 15.9 Å². The minimum atomic E-state index is -0.524. The Bertz CT molecular complexity index is 621. The summed E-state index contributed by atoms with van der Waals surface area (Å²) in [7, 11) is 0. The number of benzene rings is 1. The fraction of sp³-hybridized carbons (Fsp3) is 0.167. The van der Waals surface area contributed by atoms with E-state index in [4.69, 9.17) is 0 Å². The van der Waals surface area contributed by atoms with E-state index in [9.17, 15) is 14.5 Å². The van der Waals surface area contributed by atoms with Gasteiger partial charge in [-0.15, -0.1) is 0 Å². The van der Waals surface area contributed by atoms with E-state index in [0.717, 1.165) is 11.8 Å². The molecule has 0 bridgehead atoms. The van der Waals surface area contributed by atoms with Gasteiger partial charge in [-0.3, -0.25) is 10.1 Å². The third-order valence-electron chi connectivity index (χ3n) is 2.34. The quantitative estimate of drug-likeness (QED) is 0.518. The Kier molecular flexibility index (Phi) is 4.46. The predicted molar refractivity (Wildman–Crippen MR) is 73.4 cm³/mol. The van der Waals surface area contributed by atoms with E-state index in [-0.39, 0.29) is 22.3 Å². The molecule has 0 fully saturated rings. The first-order valence-corrected chi connectivity index (χ1v) is 6.60. The van der Waals surface area contributed by atoms with Crippen LogP contribution in [0.4, 0.5) is 15.9 Å². The number of aromatic nitrogens is 2. The number of nitro groups is 1. The monoisotopic (exact) mass is 294 g/mol. The molecule has 1 N–H and O–H groups in total. The van der Waals surface area contributed by atoms with E-state index in [1.54, 1.807) is 12.1 Å². The number of halogens is 1. The van der Waals surface area contributed by atoms with Gasteiger partial charge in [0.2, 0.25) is 5.82 Å².